The lowest BCUT2D eigenvalue weighted by Crippen LogP contribution is -2.25. The van der Waals surface area contributed by atoms with Crippen LogP contribution < -0.4 is 0 Å². The van der Waals surface area contributed by atoms with Crippen molar-refractivity contribution in [3.63, 3.8) is 0 Å². The van der Waals surface area contributed by atoms with Gasteiger partial charge in [0.2, 0.25) is 0 Å². The number of fused-ring (bicyclic) bond motifs is 2. The SMILES string of the molecule is O=C(O)COC1=CC(OCC(=O)O)S(=O)c2cc3ccccc3cc21. The maximum atomic E-state index is 12.7. The summed E-state index contributed by atoms with van der Waals surface area (Å²) in [6.45, 7) is -1.20. The Bertz CT molecular complexity index is 903. The van der Waals surface area contributed by atoms with Crippen molar-refractivity contribution in [1.29, 1.82) is 0 Å². The molecule has 2 aromatic rings. The molecule has 1 aliphatic rings. The molecule has 0 amide bonds. The fourth-order valence-electron chi connectivity index (χ4n) is 2.51. The molecule has 8 heteroatoms. The van der Waals surface area contributed by atoms with Gasteiger partial charge in [0.15, 0.2) is 12.0 Å². The summed E-state index contributed by atoms with van der Waals surface area (Å²) in [5.74, 6) is -2.14. The fraction of sp³-hybridized carbons (Fsp3) is 0.176. The van der Waals surface area contributed by atoms with E-state index in [0.29, 0.717) is 10.5 Å². The van der Waals surface area contributed by atoms with Crippen LogP contribution in [0.25, 0.3) is 16.5 Å². The number of carboxylic acid groups (broad SMARTS) is 2. The summed E-state index contributed by atoms with van der Waals surface area (Å²) in [4.78, 5) is 21.9. The first-order chi connectivity index (χ1) is 12.0. The van der Waals surface area contributed by atoms with E-state index >= 15 is 0 Å². The lowest BCUT2D eigenvalue weighted by Gasteiger charge is -2.23. The number of carboxylic acids is 2. The highest BCUT2D eigenvalue weighted by molar-refractivity contribution is 7.85. The van der Waals surface area contributed by atoms with Crippen molar-refractivity contribution in [3.8, 4) is 0 Å². The number of aliphatic carboxylic acids is 2. The summed E-state index contributed by atoms with van der Waals surface area (Å²) in [5.41, 5.74) is -0.526. The van der Waals surface area contributed by atoms with Gasteiger partial charge in [-0.2, -0.15) is 0 Å². The summed E-state index contributed by atoms with van der Waals surface area (Å²) < 4.78 is 23.2. The highest BCUT2D eigenvalue weighted by atomic mass is 32.2. The van der Waals surface area contributed by atoms with Gasteiger partial charge in [0.1, 0.15) is 12.4 Å². The van der Waals surface area contributed by atoms with Gasteiger partial charge in [-0.1, -0.05) is 24.3 Å². The highest BCUT2D eigenvalue weighted by Gasteiger charge is 2.29. The molecule has 130 valence electrons. The van der Waals surface area contributed by atoms with E-state index in [2.05, 4.69) is 0 Å². The van der Waals surface area contributed by atoms with Gasteiger partial charge in [0, 0.05) is 11.6 Å². The number of hydrogen-bond donors (Lipinski definition) is 2. The van der Waals surface area contributed by atoms with Crippen LogP contribution in [0.2, 0.25) is 0 Å². The van der Waals surface area contributed by atoms with E-state index in [-0.39, 0.29) is 5.76 Å². The average molecular weight is 362 g/mol. The lowest BCUT2D eigenvalue weighted by molar-refractivity contribution is -0.142. The zero-order valence-corrected chi connectivity index (χ0v) is 13.7. The lowest BCUT2D eigenvalue weighted by atomic mass is 10.1. The zero-order chi connectivity index (χ0) is 18.0. The van der Waals surface area contributed by atoms with E-state index < -0.39 is 41.4 Å². The Balaban J connectivity index is 2.05. The van der Waals surface area contributed by atoms with Crippen LogP contribution in [0.4, 0.5) is 0 Å². The average Bonchev–Trinajstić information content (AvgIpc) is 2.58. The first kappa shape index (κ1) is 17.1. The third-order valence-electron chi connectivity index (χ3n) is 3.55. The van der Waals surface area contributed by atoms with Gasteiger partial charge in [0.25, 0.3) is 0 Å². The van der Waals surface area contributed by atoms with Crippen LogP contribution in [-0.4, -0.2) is 45.0 Å². The molecule has 0 saturated heterocycles. The van der Waals surface area contributed by atoms with Crippen LogP contribution in [-0.2, 0) is 29.9 Å². The van der Waals surface area contributed by atoms with Gasteiger partial charge in [-0.25, -0.2) is 9.59 Å². The molecule has 0 radical (unpaired) electrons. The molecule has 2 N–H and O–H groups in total. The Labute approximate surface area is 144 Å². The molecule has 0 spiro atoms. The molecular weight excluding hydrogens is 348 g/mol. The van der Waals surface area contributed by atoms with Crippen LogP contribution >= 0.6 is 0 Å². The van der Waals surface area contributed by atoms with Crippen molar-refractivity contribution in [2.45, 2.75) is 10.3 Å². The van der Waals surface area contributed by atoms with Gasteiger partial charge in [-0.3, -0.25) is 4.21 Å². The largest absolute Gasteiger partial charge is 0.481 e. The summed E-state index contributed by atoms with van der Waals surface area (Å²) in [6.07, 6.45) is 1.36. The fourth-order valence-corrected chi connectivity index (χ4v) is 3.82. The minimum absolute atomic E-state index is 0.207. The highest BCUT2D eigenvalue weighted by Crippen LogP contribution is 2.34. The molecule has 1 aliphatic heterocycles. The van der Waals surface area contributed by atoms with E-state index in [1.807, 2.05) is 24.3 Å². The monoisotopic (exact) mass is 362 g/mol. The van der Waals surface area contributed by atoms with Crippen LogP contribution in [0, 0.1) is 0 Å². The van der Waals surface area contributed by atoms with Crippen molar-refractivity contribution in [2.75, 3.05) is 13.2 Å². The summed E-state index contributed by atoms with van der Waals surface area (Å²) in [5, 5.41) is 19.3. The van der Waals surface area contributed by atoms with Gasteiger partial charge >= 0.3 is 11.9 Å². The quantitative estimate of drug-likeness (QED) is 0.806. The molecule has 0 fully saturated rings. The number of rotatable bonds is 6. The predicted molar refractivity (Wildman–Crippen MR) is 89.3 cm³/mol. The van der Waals surface area contributed by atoms with Gasteiger partial charge in [-0.15, -0.1) is 0 Å². The zero-order valence-electron chi connectivity index (χ0n) is 12.9. The van der Waals surface area contributed by atoms with Crippen molar-refractivity contribution >= 4 is 39.3 Å². The maximum Gasteiger partial charge on any atom is 0.341 e. The predicted octanol–water partition coefficient (Wildman–Crippen LogP) is 1.83. The van der Waals surface area contributed by atoms with E-state index in [4.69, 9.17) is 19.7 Å². The number of ether oxygens (including phenoxy) is 2. The second kappa shape index (κ2) is 7.04. The molecule has 0 aromatic heterocycles. The van der Waals surface area contributed by atoms with Crippen molar-refractivity contribution < 1.29 is 33.5 Å². The van der Waals surface area contributed by atoms with Gasteiger partial charge < -0.3 is 19.7 Å². The molecule has 2 aromatic carbocycles. The Hall–Kier alpha value is -2.71. The number of benzene rings is 2. The Morgan fingerprint density at radius 2 is 1.68 bits per heavy atom. The van der Waals surface area contributed by atoms with Crippen LogP contribution in [0.5, 0.6) is 0 Å². The second-order valence-electron chi connectivity index (χ2n) is 5.28. The van der Waals surface area contributed by atoms with Crippen molar-refractivity contribution in [3.05, 3.63) is 48.0 Å². The van der Waals surface area contributed by atoms with Crippen molar-refractivity contribution in [2.24, 2.45) is 0 Å². The molecular formula is C17H14O7S. The summed E-state index contributed by atoms with van der Waals surface area (Å²) >= 11 is 0. The molecule has 2 unspecified atom stereocenters. The molecule has 2 atom stereocenters. The third-order valence-corrected chi connectivity index (χ3v) is 5.02. The minimum Gasteiger partial charge on any atom is -0.481 e. The van der Waals surface area contributed by atoms with E-state index in [1.54, 1.807) is 12.1 Å². The molecule has 3 rings (SSSR count). The van der Waals surface area contributed by atoms with Crippen LogP contribution in [0.15, 0.2) is 47.4 Å². The molecule has 25 heavy (non-hydrogen) atoms. The number of hydrogen-bond acceptors (Lipinski definition) is 5. The molecule has 0 bridgehead atoms. The topological polar surface area (TPSA) is 110 Å². The Morgan fingerprint density at radius 1 is 1.04 bits per heavy atom. The second-order valence-corrected chi connectivity index (χ2v) is 6.78. The molecule has 0 aliphatic carbocycles. The maximum absolute atomic E-state index is 12.7. The first-order valence-electron chi connectivity index (χ1n) is 7.29. The van der Waals surface area contributed by atoms with Gasteiger partial charge in [0.05, 0.1) is 15.7 Å². The van der Waals surface area contributed by atoms with Gasteiger partial charge in [-0.05, 0) is 22.9 Å². The van der Waals surface area contributed by atoms with Crippen LogP contribution in [0.1, 0.15) is 5.56 Å². The van der Waals surface area contributed by atoms with E-state index in [9.17, 15) is 13.8 Å². The normalized spacial score (nSPS) is 19.1. The third kappa shape index (κ3) is 3.70. The first-order valence-corrected chi connectivity index (χ1v) is 8.50. The van der Waals surface area contributed by atoms with Crippen molar-refractivity contribution in [1.82, 2.24) is 0 Å². The smallest absolute Gasteiger partial charge is 0.341 e. The van der Waals surface area contributed by atoms with E-state index in [1.165, 1.54) is 6.08 Å². The standard InChI is InChI=1S/C17H14O7S/c18-15(19)8-23-13-7-17(24-9-16(20)21)25(22)14-6-11-4-2-1-3-10(11)5-12(13)14/h1-7,17H,8-9H2,(H,18,19)(H,20,21). The molecule has 1 heterocycles. The molecule has 0 saturated carbocycles. The Morgan fingerprint density at radius 3 is 2.32 bits per heavy atom. The number of carbonyl (C=O) groups is 2. The minimum atomic E-state index is -1.65. The van der Waals surface area contributed by atoms with Crippen LogP contribution in [0.3, 0.4) is 0 Å². The summed E-state index contributed by atoms with van der Waals surface area (Å²) in [6, 6.07) is 10.9. The Kier molecular flexibility index (Phi) is 4.82. The molecule has 7 nitrogen and oxygen atoms in total. The van der Waals surface area contributed by atoms with E-state index in [0.717, 1.165) is 10.8 Å². The summed E-state index contributed by atoms with van der Waals surface area (Å²) in [7, 11) is -1.65.